The molecule has 1 N–H and O–H groups in total. The number of nitrogens with one attached hydrogen (secondary N) is 1. The Morgan fingerprint density at radius 1 is 0.795 bits per heavy atom. The molecule has 3 aromatic carbocycles. The first kappa shape index (κ1) is 31.1. The second kappa shape index (κ2) is 14.9. The second-order valence-corrected chi connectivity index (χ2v) is 13.0. The van der Waals surface area contributed by atoms with E-state index in [1.807, 2.05) is 72.8 Å². The smallest absolute Gasteiger partial charge is 0.243 e. The summed E-state index contributed by atoms with van der Waals surface area (Å²) in [5.74, 6) is -0.390. The summed E-state index contributed by atoms with van der Waals surface area (Å²) in [4.78, 5) is 33.8. The van der Waals surface area contributed by atoms with Crippen LogP contribution in [0.3, 0.4) is 0 Å². The average molecular weight is 611 g/mol. The summed E-state index contributed by atoms with van der Waals surface area (Å²) >= 11 is 0. The highest BCUT2D eigenvalue weighted by Crippen LogP contribution is 2.22. The molecule has 1 saturated heterocycles. The van der Waals surface area contributed by atoms with Crippen LogP contribution in [0.2, 0.25) is 0 Å². The lowest BCUT2D eigenvalue weighted by molar-refractivity contribution is -0.141. The maximum atomic E-state index is 14.0. The van der Waals surface area contributed by atoms with Crippen LogP contribution in [-0.2, 0) is 45.5 Å². The second-order valence-electron chi connectivity index (χ2n) is 11.0. The minimum Gasteiger partial charge on any atom is -0.350 e. The van der Waals surface area contributed by atoms with Gasteiger partial charge in [-0.15, -0.1) is 0 Å². The maximum Gasteiger partial charge on any atom is 0.243 e. The van der Waals surface area contributed by atoms with Gasteiger partial charge < -0.3 is 10.2 Å². The lowest BCUT2D eigenvalue weighted by atomic mass is 10.0. The van der Waals surface area contributed by atoms with Crippen LogP contribution < -0.4 is 5.32 Å². The summed E-state index contributed by atoms with van der Waals surface area (Å²) in [7, 11) is -3.50. The quantitative estimate of drug-likeness (QED) is 0.236. The Labute approximate surface area is 259 Å². The molecule has 0 aliphatic carbocycles. The van der Waals surface area contributed by atoms with Gasteiger partial charge in [-0.2, -0.15) is 4.31 Å². The third-order valence-electron chi connectivity index (χ3n) is 7.91. The summed E-state index contributed by atoms with van der Waals surface area (Å²) < 4.78 is 27.4. The fraction of sp³-hybridized carbons (Fsp3) is 0.286. The highest BCUT2D eigenvalue weighted by molar-refractivity contribution is 7.89. The fourth-order valence-electron chi connectivity index (χ4n) is 5.44. The molecule has 4 aromatic rings. The Hall–Kier alpha value is -4.34. The zero-order chi connectivity index (χ0) is 30.8. The third kappa shape index (κ3) is 8.18. The van der Waals surface area contributed by atoms with Crippen LogP contribution in [0.4, 0.5) is 0 Å². The zero-order valence-electron chi connectivity index (χ0n) is 24.7. The summed E-state index contributed by atoms with van der Waals surface area (Å²) in [6.07, 6.45) is 6.11. The van der Waals surface area contributed by atoms with Crippen molar-refractivity contribution in [3.05, 3.63) is 132 Å². The van der Waals surface area contributed by atoms with E-state index >= 15 is 0 Å². The van der Waals surface area contributed by atoms with E-state index in [0.29, 0.717) is 32.5 Å². The Morgan fingerprint density at radius 2 is 1.43 bits per heavy atom. The maximum absolute atomic E-state index is 14.0. The summed E-state index contributed by atoms with van der Waals surface area (Å²) in [5.41, 5.74) is 3.61. The number of carbonyl (C=O) groups excluding carboxylic acids is 2. The largest absolute Gasteiger partial charge is 0.350 e. The average Bonchev–Trinajstić information content (AvgIpc) is 3.62. The van der Waals surface area contributed by atoms with Gasteiger partial charge in [0.2, 0.25) is 21.8 Å². The molecule has 2 amide bonds. The van der Waals surface area contributed by atoms with E-state index in [4.69, 9.17) is 0 Å². The molecule has 5 rings (SSSR count). The Morgan fingerprint density at radius 3 is 2.07 bits per heavy atom. The topological polar surface area (TPSA) is 99.7 Å². The van der Waals surface area contributed by atoms with E-state index in [-0.39, 0.29) is 29.7 Å². The fourth-order valence-corrected chi connectivity index (χ4v) is 6.96. The number of sulfonamides is 1. The van der Waals surface area contributed by atoms with Crippen molar-refractivity contribution < 1.29 is 18.0 Å². The van der Waals surface area contributed by atoms with Gasteiger partial charge in [-0.1, -0.05) is 78.9 Å². The molecular formula is C35H38N4O4S. The zero-order valence-corrected chi connectivity index (χ0v) is 25.5. The van der Waals surface area contributed by atoms with Crippen LogP contribution in [0.25, 0.3) is 0 Å². The molecule has 1 atom stereocenters. The number of benzene rings is 3. The van der Waals surface area contributed by atoms with Crippen molar-refractivity contribution in [3.63, 3.8) is 0 Å². The first-order chi connectivity index (χ1) is 21.4. The van der Waals surface area contributed by atoms with Crippen molar-refractivity contribution in [2.75, 3.05) is 13.1 Å². The van der Waals surface area contributed by atoms with Crippen molar-refractivity contribution in [1.29, 1.82) is 0 Å². The van der Waals surface area contributed by atoms with Crippen LogP contribution >= 0.6 is 0 Å². The Kier molecular flexibility index (Phi) is 10.5. The van der Waals surface area contributed by atoms with Crippen molar-refractivity contribution in [2.24, 2.45) is 0 Å². The molecule has 0 unspecified atom stereocenters. The van der Waals surface area contributed by atoms with E-state index in [9.17, 15) is 18.0 Å². The summed E-state index contributed by atoms with van der Waals surface area (Å²) in [6.45, 7) is 1.69. The van der Waals surface area contributed by atoms with Gasteiger partial charge in [0.1, 0.15) is 6.04 Å². The number of nitrogens with zero attached hydrogens (tertiary/aromatic N) is 3. The molecular weight excluding hydrogens is 572 g/mol. The molecule has 0 radical (unpaired) electrons. The molecule has 0 bridgehead atoms. The van der Waals surface area contributed by atoms with Crippen molar-refractivity contribution in [2.45, 2.75) is 56.1 Å². The van der Waals surface area contributed by atoms with E-state index in [1.165, 1.54) is 4.31 Å². The number of aryl methyl sites for hydroxylation is 1. The van der Waals surface area contributed by atoms with Gasteiger partial charge in [0, 0.05) is 51.4 Å². The lowest BCUT2D eigenvalue weighted by Crippen LogP contribution is -2.50. The Bertz CT molecular complexity index is 1610. The SMILES string of the molecule is O=C(NCc1cccnc1)[C@@H](Cc1ccccc1)N(Cc1ccccc1)C(=O)CCc1ccc(S(=O)(=O)N2CCCC2)cc1. The van der Waals surface area contributed by atoms with E-state index in [0.717, 1.165) is 35.1 Å². The predicted octanol–water partition coefficient (Wildman–Crippen LogP) is 4.76. The van der Waals surface area contributed by atoms with Crippen LogP contribution in [0.1, 0.15) is 41.5 Å². The minimum atomic E-state index is -3.50. The number of rotatable bonds is 13. The minimum absolute atomic E-state index is 0.153. The van der Waals surface area contributed by atoms with Gasteiger partial charge in [-0.25, -0.2) is 8.42 Å². The molecule has 44 heavy (non-hydrogen) atoms. The first-order valence-electron chi connectivity index (χ1n) is 15.0. The third-order valence-corrected chi connectivity index (χ3v) is 9.82. The molecule has 2 heterocycles. The molecule has 1 fully saturated rings. The number of pyridine rings is 1. The molecule has 1 aromatic heterocycles. The molecule has 228 valence electrons. The predicted molar refractivity (Wildman–Crippen MR) is 170 cm³/mol. The van der Waals surface area contributed by atoms with Crippen LogP contribution in [0.5, 0.6) is 0 Å². The van der Waals surface area contributed by atoms with Crippen LogP contribution in [0.15, 0.2) is 114 Å². The molecule has 9 heteroatoms. The number of amides is 2. The van der Waals surface area contributed by atoms with Crippen LogP contribution in [-0.4, -0.2) is 53.6 Å². The van der Waals surface area contributed by atoms with Crippen molar-refractivity contribution in [3.8, 4) is 0 Å². The monoisotopic (exact) mass is 610 g/mol. The van der Waals surface area contributed by atoms with Crippen LogP contribution in [0, 0.1) is 0 Å². The summed E-state index contributed by atoms with van der Waals surface area (Å²) in [5, 5.41) is 3.02. The molecule has 0 saturated carbocycles. The molecule has 1 aliphatic rings. The van der Waals surface area contributed by atoms with Crippen molar-refractivity contribution in [1.82, 2.24) is 19.5 Å². The highest BCUT2D eigenvalue weighted by atomic mass is 32.2. The molecule has 8 nitrogen and oxygen atoms in total. The standard InChI is InChI=1S/C35H38N4O4S/c40-34(20-17-28-15-18-32(19-16-28)44(42,43)38-22-7-8-23-38)39(27-30-12-5-2-6-13-30)33(24-29-10-3-1-4-11-29)35(41)37-26-31-14-9-21-36-25-31/h1-6,9-16,18-19,21,25,33H,7-8,17,20,22-24,26-27H2,(H,37,41)/t33-/m1/s1. The van der Waals surface area contributed by atoms with Gasteiger partial charge >= 0.3 is 0 Å². The van der Waals surface area contributed by atoms with E-state index in [1.54, 1.807) is 41.6 Å². The van der Waals surface area contributed by atoms with E-state index in [2.05, 4.69) is 10.3 Å². The van der Waals surface area contributed by atoms with Gasteiger partial charge in [-0.3, -0.25) is 14.6 Å². The normalized spacial score (nSPS) is 14.2. The van der Waals surface area contributed by atoms with Gasteiger partial charge in [0.05, 0.1) is 4.90 Å². The Balaban J connectivity index is 1.35. The number of hydrogen-bond donors (Lipinski definition) is 1. The number of aromatic nitrogens is 1. The number of carbonyl (C=O) groups is 2. The van der Waals surface area contributed by atoms with Gasteiger partial charge in [0.15, 0.2) is 0 Å². The lowest BCUT2D eigenvalue weighted by Gasteiger charge is -2.31. The molecule has 0 spiro atoms. The molecule has 1 aliphatic heterocycles. The highest BCUT2D eigenvalue weighted by Gasteiger charge is 2.30. The van der Waals surface area contributed by atoms with Gasteiger partial charge in [0.25, 0.3) is 0 Å². The first-order valence-corrected chi connectivity index (χ1v) is 16.5. The number of hydrogen-bond acceptors (Lipinski definition) is 5. The van der Waals surface area contributed by atoms with Gasteiger partial charge in [-0.05, 0) is 59.7 Å². The summed E-state index contributed by atoms with van der Waals surface area (Å²) in [6, 6.07) is 29.2. The van der Waals surface area contributed by atoms with Crippen molar-refractivity contribution >= 4 is 21.8 Å². The van der Waals surface area contributed by atoms with E-state index < -0.39 is 16.1 Å².